The Hall–Kier alpha value is -4.10. The molecule has 0 aliphatic carbocycles. The van der Waals surface area contributed by atoms with Gasteiger partial charge in [0, 0.05) is 37.5 Å². The number of carbonyl (C=O) groups is 1. The molecule has 0 amide bonds. The van der Waals surface area contributed by atoms with Crippen molar-refractivity contribution in [3.05, 3.63) is 114 Å². The fourth-order valence-electron chi connectivity index (χ4n) is 3.53. The molecule has 7 nitrogen and oxygen atoms in total. The summed E-state index contributed by atoms with van der Waals surface area (Å²) in [5, 5.41) is 9.06. The molecule has 0 aliphatic rings. The second-order valence-electron chi connectivity index (χ2n) is 7.96. The molecule has 0 saturated carbocycles. The highest BCUT2D eigenvalue weighted by molar-refractivity contribution is 6.01. The molecule has 0 unspecified atom stereocenters. The van der Waals surface area contributed by atoms with Gasteiger partial charge in [-0.15, -0.1) is 0 Å². The van der Waals surface area contributed by atoms with Crippen LogP contribution in [0.15, 0.2) is 96.5 Å². The Morgan fingerprint density at radius 1 is 1.06 bits per heavy atom. The number of pyridine rings is 1. The van der Waals surface area contributed by atoms with Crippen molar-refractivity contribution in [2.45, 2.75) is 13.0 Å². The number of aromatic nitrogens is 3. The average Bonchev–Trinajstić information content (AvgIpc) is 3.32. The van der Waals surface area contributed by atoms with Gasteiger partial charge in [-0.25, -0.2) is 4.68 Å². The van der Waals surface area contributed by atoms with E-state index >= 15 is 0 Å². The number of hydrogen-bond donors (Lipinski definition) is 0. The number of oxime groups is 1. The Balaban J connectivity index is 1.42. The molecule has 7 heteroatoms. The van der Waals surface area contributed by atoms with Gasteiger partial charge in [0.1, 0.15) is 12.3 Å². The van der Waals surface area contributed by atoms with Crippen molar-refractivity contribution in [1.82, 2.24) is 19.7 Å². The zero-order chi connectivity index (χ0) is 23.6. The van der Waals surface area contributed by atoms with E-state index in [1.807, 2.05) is 79.8 Å². The van der Waals surface area contributed by atoms with Crippen molar-refractivity contribution in [2.24, 2.45) is 5.16 Å². The third kappa shape index (κ3) is 6.24. The lowest BCUT2D eigenvalue weighted by molar-refractivity contribution is 0.112. The first-order chi connectivity index (χ1) is 16.7. The van der Waals surface area contributed by atoms with Gasteiger partial charge in [-0.3, -0.25) is 9.78 Å². The average molecular weight is 454 g/mol. The Morgan fingerprint density at radius 2 is 1.82 bits per heavy atom. The van der Waals surface area contributed by atoms with Crippen LogP contribution in [0.4, 0.5) is 0 Å². The molecule has 34 heavy (non-hydrogen) atoms. The fourth-order valence-corrected chi connectivity index (χ4v) is 3.53. The van der Waals surface area contributed by atoms with E-state index in [0.29, 0.717) is 31.7 Å². The minimum atomic E-state index is 0.412. The highest BCUT2D eigenvalue weighted by Gasteiger charge is 2.13. The monoisotopic (exact) mass is 453 g/mol. The van der Waals surface area contributed by atoms with Crippen LogP contribution >= 0.6 is 0 Å². The first-order valence-electron chi connectivity index (χ1n) is 11.1. The van der Waals surface area contributed by atoms with Crippen molar-refractivity contribution in [3.63, 3.8) is 0 Å². The van der Waals surface area contributed by atoms with Crippen LogP contribution in [0, 0.1) is 0 Å². The predicted molar refractivity (Wildman–Crippen MR) is 132 cm³/mol. The maximum Gasteiger partial charge on any atom is 0.153 e. The molecular weight excluding hydrogens is 426 g/mol. The van der Waals surface area contributed by atoms with Crippen molar-refractivity contribution in [3.8, 4) is 5.69 Å². The van der Waals surface area contributed by atoms with Crippen LogP contribution in [0.5, 0.6) is 0 Å². The highest BCUT2D eigenvalue weighted by Crippen LogP contribution is 2.12. The van der Waals surface area contributed by atoms with E-state index in [-0.39, 0.29) is 0 Å². The van der Waals surface area contributed by atoms with Gasteiger partial charge in [0.15, 0.2) is 6.29 Å². The quantitative estimate of drug-likeness (QED) is 0.194. The summed E-state index contributed by atoms with van der Waals surface area (Å²) in [6.45, 7) is 1.71. The molecule has 0 aliphatic heterocycles. The lowest BCUT2D eigenvalue weighted by Crippen LogP contribution is -2.29. The molecule has 2 aromatic carbocycles. The number of hydrogen-bond acceptors (Lipinski definition) is 6. The Bertz CT molecular complexity index is 1210. The van der Waals surface area contributed by atoms with Gasteiger partial charge in [0.05, 0.1) is 23.1 Å². The molecule has 4 aromatic rings. The normalized spacial score (nSPS) is 11.5. The summed E-state index contributed by atoms with van der Waals surface area (Å²) >= 11 is 0. The van der Waals surface area contributed by atoms with Crippen LogP contribution in [-0.2, 0) is 17.9 Å². The van der Waals surface area contributed by atoms with Crippen LogP contribution in [0.25, 0.3) is 5.69 Å². The summed E-state index contributed by atoms with van der Waals surface area (Å²) in [6.07, 6.45) is 6.65. The lowest BCUT2D eigenvalue weighted by atomic mass is 10.1. The topological polar surface area (TPSA) is 72.6 Å². The molecule has 0 spiro atoms. The number of rotatable bonds is 11. The van der Waals surface area contributed by atoms with Gasteiger partial charge in [0.2, 0.25) is 0 Å². The summed E-state index contributed by atoms with van der Waals surface area (Å²) in [7, 11) is 2.02. The van der Waals surface area contributed by atoms with Crippen LogP contribution < -0.4 is 0 Å². The molecule has 0 fully saturated rings. The molecular formula is C27H27N5O2. The summed E-state index contributed by atoms with van der Waals surface area (Å²) < 4.78 is 1.69. The van der Waals surface area contributed by atoms with Crippen molar-refractivity contribution >= 4 is 12.0 Å². The fraction of sp³-hybridized carbons (Fsp3) is 0.185. The molecule has 0 N–H and O–H groups in total. The second-order valence-corrected chi connectivity index (χ2v) is 7.96. The predicted octanol–water partition coefficient (Wildman–Crippen LogP) is 4.18. The standard InChI is InChI=1S/C27H27N5O2/c1-31(16-14-26-24(20-33)18-32(29-26)25-13-8-15-28-17-25)19-27(23-11-6-3-7-12-23)30-34-21-22-9-4-2-5-10-22/h2-13,15,17-18,20H,14,16,19,21H2,1H3/b30-27-. The van der Waals surface area contributed by atoms with Crippen molar-refractivity contribution in [1.29, 1.82) is 0 Å². The molecule has 0 radical (unpaired) electrons. The summed E-state index contributed by atoms with van der Waals surface area (Å²) in [4.78, 5) is 23.5. The van der Waals surface area contributed by atoms with E-state index in [4.69, 9.17) is 4.84 Å². The van der Waals surface area contributed by atoms with Crippen LogP contribution in [0.2, 0.25) is 0 Å². The molecule has 0 bridgehead atoms. The number of likely N-dealkylation sites (N-methyl/N-ethyl adjacent to an activating group) is 1. The first kappa shape index (κ1) is 23.1. The maximum absolute atomic E-state index is 11.6. The molecule has 0 saturated heterocycles. The van der Waals surface area contributed by atoms with E-state index in [9.17, 15) is 4.79 Å². The molecule has 2 heterocycles. The van der Waals surface area contributed by atoms with E-state index in [2.05, 4.69) is 20.1 Å². The zero-order valence-corrected chi connectivity index (χ0v) is 19.1. The summed E-state index contributed by atoms with van der Waals surface area (Å²) in [5.74, 6) is 0. The molecule has 2 aromatic heterocycles. The minimum Gasteiger partial charge on any atom is -0.391 e. The van der Waals surface area contributed by atoms with Gasteiger partial charge >= 0.3 is 0 Å². The number of carbonyl (C=O) groups excluding carboxylic acids is 1. The molecule has 172 valence electrons. The minimum absolute atomic E-state index is 0.412. The Morgan fingerprint density at radius 3 is 2.53 bits per heavy atom. The number of benzene rings is 2. The number of nitrogens with zero attached hydrogens (tertiary/aromatic N) is 5. The van der Waals surface area contributed by atoms with Gasteiger partial charge in [-0.05, 0) is 24.7 Å². The van der Waals surface area contributed by atoms with Crippen molar-refractivity contribution < 1.29 is 9.63 Å². The Labute approximate surface area is 199 Å². The van der Waals surface area contributed by atoms with E-state index in [1.165, 1.54) is 0 Å². The summed E-state index contributed by atoms with van der Waals surface area (Å²) in [5.41, 5.74) is 5.08. The maximum atomic E-state index is 11.6. The van der Waals surface area contributed by atoms with E-state index in [0.717, 1.165) is 34.5 Å². The van der Waals surface area contributed by atoms with Gasteiger partial charge in [-0.1, -0.05) is 65.8 Å². The highest BCUT2D eigenvalue weighted by atomic mass is 16.6. The smallest absolute Gasteiger partial charge is 0.153 e. The first-order valence-corrected chi connectivity index (χ1v) is 11.1. The van der Waals surface area contributed by atoms with Gasteiger partial charge in [-0.2, -0.15) is 5.10 Å². The number of aldehydes is 1. The van der Waals surface area contributed by atoms with Gasteiger partial charge < -0.3 is 9.74 Å². The Kier molecular flexibility index (Phi) is 7.92. The van der Waals surface area contributed by atoms with E-state index < -0.39 is 0 Å². The van der Waals surface area contributed by atoms with Crippen LogP contribution in [-0.4, -0.2) is 51.8 Å². The molecule has 0 atom stereocenters. The largest absolute Gasteiger partial charge is 0.391 e. The van der Waals surface area contributed by atoms with Gasteiger partial charge in [0.25, 0.3) is 0 Å². The van der Waals surface area contributed by atoms with Crippen LogP contribution in [0.1, 0.15) is 27.2 Å². The SMILES string of the molecule is CN(CCc1nn(-c2cccnc2)cc1C=O)C/C(=N/OCc1ccccc1)c1ccccc1. The second kappa shape index (κ2) is 11.7. The van der Waals surface area contributed by atoms with E-state index in [1.54, 1.807) is 23.3 Å². The zero-order valence-electron chi connectivity index (χ0n) is 19.1. The summed E-state index contributed by atoms with van der Waals surface area (Å²) in [6, 6.07) is 23.7. The lowest BCUT2D eigenvalue weighted by Gasteiger charge is -2.17. The molecule has 4 rings (SSSR count). The van der Waals surface area contributed by atoms with Crippen molar-refractivity contribution in [2.75, 3.05) is 20.1 Å². The third-order valence-corrected chi connectivity index (χ3v) is 5.37. The van der Waals surface area contributed by atoms with Crippen LogP contribution in [0.3, 0.4) is 0 Å². The third-order valence-electron chi connectivity index (χ3n) is 5.37.